The summed E-state index contributed by atoms with van der Waals surface area (Å²) in [6, 6.07) is 18.5. The summed E-state index contributed by atoms with van der Waals surface area (Å²) in [5.74, 6) is 0.261. The van der Waals surface area contributed by atoms with Gasteiger partial charge in [-0.1, -0.05) is 36.8 Å². The van der Waals surface area contributed by atoms with E-state index in [-0.39, 0.29) is 11.5 Å². The second-order valence-electron chi connectivity index (χ2n) is 8.26. The van der Waals surface area contributed by atoms with Crippen LogP contribution < -0.4 is 11.3 Å². The Morgan fingerprint density at radius 3 is 2.60 bits per heavy atom. The van der Waals surface area contributed by atoms with E-state index in [0.717, 1.165) is 34.1 Å². The van der Waals surface area contributed by atoms with Crippen molar-refractivity contribution in [2.24, 2.45) is 0 Å². The second kappa shape index (κ2) is 8.15. The van der Waals surface area contributed by atoms with E-state index in [1.54, 1.807) is 0 Å². The molecule has 0 radical (unpaired) electrons. The Morgan fingerprint density at radius 2 is 1.83 bits per heavy atom. The quantitative estimate of drug-likeness (QED) is 0.462. The van der Waals surface area contributed by atoms with Gasteiger partial charge in [0.25, 0.3) is 5.56 Å². The number of benzene rings is 2. The lowest BCUT2D eigenvalue weighted by atomic mass is 9.92. The number of nitrogens with one attached hydrogen (secondary N) is 1. The van der Waals surface area contributed by atoms with Crippen molar-refractivity contribution in [1.29, 1.82) is 0 Å². The minimum absolute atomic E-state index is 0.0427. The first-order valence-electron chi connectivity index (χ1n) is 10.3. The zero-order valence-corrected chi connectivity index (χ0v) is 17.7. The molecule has 4 nitrogen and oxygen atoms in total. The van der Waals surface area contributed by atoms with Gasteiger partial charge in [-0.2, -0.15) is 0 Å². The molecule has 0 bridgehead atoms. The largest absolute Gasteiger partial charge is 0.398 e. The lowest BCUT2D eigenvalue weighted by molar-refractivity contribution is 0.751. The van der Waals surface area contributed by atoms with Crippen LogP contribution in [0.3, 0.4) is 0 Å². The molecule has 0 spiro atoms. The average molecular weight is 398 g/mol. The zero-order chi connectivity index (χ0) is 21.3. The van der Waals surface area contributed by atoms with E-state index in [1.807, 2.05) is 31.3 Å². The minimum Gasteiger partial charge on any atom is -0.398 e. The van der Waals surface area contributed by atoms with Crippen LogP contribution in [0.5, 0.6) is 0 Å². The number of hydrogen-bond acceptors (Lipinski definition) is 3. The number of fused-ring (bicyclic) bond motifs is 1. The highest BCUT2D eigenvalue weighted by atomic mass is 16.1. The summed E-state index contributed by atoms with van der Waals surface area (Å²) in [6.07, 6.45) is 3.25. The molecule has 30 heavy (non-hydrogen) atoms. The van der Waals surface area contributed by atoms with E-state index < -0.39 is 0 Å². The maximum Gasteiger partial charge on any atom is 0.251 e. The molecule has 2 heterocycles. The Labute approximate surface area is 176 Å². The van der Waals surface area contributed by atoms with Crippen LogP contribution in [-0.2, 0) is 12.8 Å². The smallest absolute Gasteiger partial charge is 0.251 e. The Balaban J connectivity index is 1.67. The minimum atomic E-state index is -0.0427. The number of nitrogen functional groups attached to an aromatic ring is 1. The van der Waals surface area contributed by atoms with Gasteiger partial charge in [-0.05, 0) is 85.0 Å². The normalized spacial score (nSPS) is 12.2. The third-order valence-corrected chi connectivity index (χ3v) is 5.67. The lowest BCUT2D eigenvalue weighted by Gasteiger charge is -2.14. The summed E-state index contributed by atoms with van der Waals surface area (Å²) in [5.41, 5.74) is 14.2. The first-order valence-corrected chi connectivity index (χ1v) is 10.3. The molecule has 152 valence electrons. The highest BCUT2D eigenvalue weighted by Crippen LogP contribution is 2.25. The van der Waals surface area contributed by atoms with Crippen molar-refractivity contribution in [2.75, 3.05) is 5.73 Å². The molecule has 3 N–H and O–H groups in total. The highest BCUT2D eigenvalue weighted by Gasteiger charge is 2.12. The molecule has 2 aromatic heterocycles. The number of nitrogens with two attached hydrogens (primary N) is 1. The Kier molecular flexibility index (Phi) is 5.40. The van der Waals surface area contributed by atoms with Gasteiger partial charge in [-0.3, -0.25) is 9.78 Å². The van der Waals surface area contributed by atoms with Crippen molar-refractivity contribution in [2.45, 2.75) is 39.5 Å². The topological polar surface area (TPSA) is 71.8 Å². The summed E-state index contributed by atoms with van der Waals surface area (Å²) in [6.45, 7) is 6.24. The number of aromatic amines is 1. The molecule has 4 heteroatoms. The van der Waals surface area contributed by atoms with Gasteiger partial charge >= 0.3 is 0 Å². The molecule has 0 saturated heterocycles. The van der Waals surface area contributed by atoms with Crippen molar-refractivity contribution in [3.05, 3.63) is 105 Å². The van der Waals surface area contributed by atoms with Crippen molar-refractivity contribution < 1.29 is 0 Å². The summed E-state index contributed by atoms with van der Waals surface area (Å²) >= 11 is 0. The Morgan fingerprint density at radius 1 is 1.03 bits per heavy atom. The van der Waals surface area contributed by atoms with Crippen LogP contribution in [0.1, 0.15) is 46.4 Å². The molecule has 1 atom stereocenters. The average Bonchev–Trinajstić information content (AvgIpc) is 2.70. The van der Waals surface area contributed by atoms with Gasteiger partial charge in [-0.15, -0.1) is 0 Å². The van der Waals surface area contributed by atoms with Crippen molar-refractivity contribution in [1.82, 2.24) is 9.97 Å². The predicted molar refractivity (Wildman–Crippen MR) is 124 cm³/mol. The molecule has 0 fully saturated rings. The van der Waals surface area contributed by atoms with Crippen molar-refractivity contribution >= 4 is 16.6 Å². The molecule has 0 saturated carbocycles. The third kappa shape index (κ3) is 4.28. The summed E-state index contributed by atoms with van der Waals surface area (Å²) in [7, 11) is 0. The SMILES string of the molecule is Cc1cccc(C(C)Cc2cc3cc(Cc4ccnc(C)c4)c(N)cc3[nH]c2=O)c1. The maximum absolute atomic E-state index is 12.7. The first kappa shape index (κ1) is 19.9. The van der Waals surface area contributed by atoms with Gasteiger partial charge in [0, 0.05) is 23.1 Å². The predicted octanol–water partition coefficient (Wildman–Crippen LogP) is 5.06. The maximum atomic E-state index is 12.7. The zero-order valence-electron chi connectivity index (χ0n) is 17.7. The fourth-order valence-corrected chi connectivity index (χ4v) is 4.03. The van der Waals surface area contributed by atoms with Crippen LogP contribution in [0.15, 0.2) is 65.6 Å². The van der Waals surface area contributed by atoms with Gasteiger partial charge in [-0.25, -0.2) is 0 Å². The molecule has 1 unspecified atom stereocenters. The number of hydrogen-bond donors (Lipinski definition) is 2. The highest BCUT2D eigenvalue weighted by molar-refractivity contribution is 5.84. The number of pyridine rings is 2. The van der Waals surface area contributed by atoms with Gasteiger partial charge in [0.2, 0.25) is 0 Å². The van der Waals surface area contributed by atoms with E-state index in [4.69, 9.17) is 5.73 Å². The first-order chi connectivity index (χ1) is 14.4. The lowest BCUT2D eigenvalue weighted by Crippen LogP contribution is -2.15. The van der Waals surface area contributed by atoms with Gasteiger partial charge in [0.05, 0.1) is 5.52 Å². The third-order valence-electron chi connectivity index (χ3n) is 5.67. The number of aryl methyl sites for hydroxylation is 2. The molecule has 0 aliphatic rings. The number of rotatable bonds is 5. The molecular weight excluding hydrogens is 370 g/mol. The van der Waals surface area contributed by atoms with E-state index in [0.29, 0.717) is 12.1 Å². The Bertz CT molecular complexity index is 1270. The van der Waals surface area contributed by atoms with Gasteiger partial charge in [0.1, 0.15) is 0 Å². The number of nitrogens with zero attached hydrogens (tertiary/aromatic N) is 1. The molecule has 4 rings (SSSR count). The van der Waals surface area contributed by atoms with E-state index >= 15 is 0 Å². The standard InChI is InChI=1S/C26H27N3O/c1-16-5-4-6-20(9-16)17(2)10-23-14-22-13-21(12-19-7-8-28-18(3)11-19)24(27)15-25(22)29-26(23)30/h4-9,11,13-15,17H,10,12,27H2,1-3H3,(H,29,30). The van der Waals surface area contributed by atoms with Crippen LogP contribution in [-0.4, -0.2) is 9.97 Å². The molecule has 0 aliphatic heterocycles. The van der Waals surface area contributed by atoms with E-state index in [9.17, 15) is 4.79 Å². The van der Waals surface area contributed by atoms with Crippen LogP contribution in [0.25, 0.3) is 10.9 Å². The fourth-order valence-electron chi connectivity index (χ4n) is 4.03. The van der Waals surface area contributed by atoms with Crippen LogP contribution in [0.4, 0.5) is 5.69 Å². The van der Waals surface area contributed by atoms with E-state index in [2.05, 4.69) is 60.2 Å². The molecule has 4 aromatic rings. The summed E-state index contributed by atoms with van der Waals surface area (Å²) in [4.78, 5) is 20.0. The number of H-pyrrole nitrogens is 1. The van der Waals surface area contributed by atoms with Gasteiger partial charge in [0.15, 0.2) is 0 Å². The van der Waals surface area contributed by atoms with Crippen LogP contribution in [0.2, 0.25) is 0 Å². The monoisotopic (exact) mass is 397 g/mol. The Hall–Kier alpha value is -3.40. The van der Waals surface area contributed by atoms with Crippen LogP contribution >= 0.6 is 0 Å². The van der Waals surface area contributed by atoms with Gasteiger partial charge < -0.3 is 10.7 Å². The molecular formula is C26H27N3O. The van der Waals surface area contributed by atoms with Crippen LogP contribution in [0, 0.1) is 13.8 Å². The second-order valence-corrected chi connectivity index (χ2v) is 8.26. The number of anilines is 1. The van der Waals surface area contributed by atoms with Crippen molar-refractivity contribution in [3.63, 3.8) is 0 Å². The molecule has 0 amide bonds. The summed E-state index contributed by atoms with van der Waals surface area (Å²) < 4.78 is 0. The molecule has 2 aromatic carbocycles. The molecule has 0 aliphatic carbocycles. The van der Waals surface area contributed by atoms with Crippen molar-refractivity contribution in [3.8, 4) is 0 Å². The number of aromatic nitrogens is 2. The summed E-state index contributed by atoms with van der Waals surface area (Å²) in [5, 5.41) is 1.01. The fraction of sp³-hybridized carbons (Fsp3) is 0.231. The van der Waals surface area contributed by atoms with E-state index in [1.165, 1.54) is 16.7 Å².